The van der Waals surface area contributed by atoms with Crippen LogP contribution in [0.15, 0.2) is 23.1 Å². The number of carbonyl (C=O) groups excluding carboxylic acids is 1. The molecule has 0 unspecified atom stereocenters. The number of fused-ring (bicyclic) bond motifs is 2. The van der Waals surface area contributed by atoms with Crippen molar-refractivity contribution in [2.24, 2.45) is 0 Å². The number of nitrogens with zero attached hydrogens (tertiary/aromatic N) is 1. The third-order valence-corrected chi connectivity index (χ3v) is 6.98. The van der Waals surface area contributed by atoms with Crippen molar-refractivity contribution in [2.45, 2.75) is 32.4 Å². The van der Waals surface area contributed by atoms with E-state index < -0.39 is 26.7 Å². The van der Waals surface area contributed by atoms with Crippen molar-refractivity contribution in [3.8, 4) is 11.5 Å². The summed E-state index contributed by atoms with van der Waals surface area (Å²) in [6, 6.07) is 3.32. The van der Waals surface area contributed by atoms with Gasteiger partial charge in [0.2, 0.25) is 12.2 Å². The fourth-order valence-corrected chi connectivity index (χ4v) is 5.75. The van der Waals surface area contributed by atoms with Gasteiger partial charge in [0.15, 0.2) is 21.3 Å². The quantitative estimate of drug-likeness (QED) is 0.838. The van der Waals surface area contributed by atoms with Crippen LogP contribution in [-0.2, 0) is 16.4 Å². The van der Waals surface area contributed by atoms with Gasteiger partial charge in [-0.25, -0.2) is 8.42 Å². The fourth-order valence-electron chi connectivity index (χ4n) is 3.65. The highest BCUT2D eigenvalue weighted by Gasteiger charge is 2.40. The second kappa shape index (κ2) is 5.98. The molecule has 4 rings (SSSR count). The van der Waals surface area contributed by atoms with Gasteiger partial charge in [-0.2, -0.15) is 0 Å². The predicted molar refractivity (Wildman–Crippen MR) is 99.1 cm³/mol. The van der Waals surface area contributed by atoms with Crippen LogP contribution in [0.1, 0.15) is 30.6 Å². The molecule has 8 nitrogen and oxygen atoms in total. The molecule has 0 saturated carbocycles. The number of amides is 1. The Hall–Kier alpha value is -2.55. The number of ether oxygens (including phenoxy) is 2. The third-order valence-electron chi connectivity index (χ3n) is 5.08. The van der Waals surface area contributed by atoms with Gasteiger partial charge in [-0.3, -0.25) is 9.59 Å². The Balaban J connectivity index is 1.78. The summed E-state index contributed by atoms with van der Waals surface area (Å²) in [5, 5.41) is 3.11. The molecule has 144 valence electrons. The first kappa shape index (κ1) is 17.8. The molecular formula is C18H20N2O6S. The molecule has 0 radical (unpaired) electrons. The second-order valence-electron chi connectivity index (χ2n) is 7.24. The lowest BCUT2D eigenvalue weighted by atomic mass is 10.0. The molecule has 1 aromatic heterocycles. The van der Waals surface area contributed by atoms with Gasteiger partial charge >= 0.3 is 0 Å². The summed E-state index contributed by atoms with van der Waals surface area (Å²) in [6.45, 7) is 4.22. The first-order valence-corrected chi connectivity index (χ1v) is 10.5. The summed E-state index contributed by atoms with van der Waals surface area (Å²) in [5.74, 6) is 0.365. The average molecular weight is 392 g/mol. The number of aryl methyl sites for hydroxylation is 1. The molecule has 1 saturated heterocycles. The zero-order valence-corrected chi connectivity index (χ0v) is 15.9. The van der Waals surface area contributed by atoms with Crippen LogP contribution >= 0.6 is 0 Å². The smallest absolute Gasteiger partial charge is 0.257 e. The van der Waals surface area contributed by atoms with E-state index in [0.29, 0.717) is 35.4 Å². The highest BCUT2D eigenvalue weighted by molar-refractivity contribution is 7.91. The van der Waals surface area contributed by atoms with Crippen molar-refractivity contribution in [1.29, 1.82) is 0 Å². The van der Waals surface area contributed by atoms with Gasteiger partial charge in [0.1, 0.15) is 5.56 Å². The van der Waals surface area contributed by atoms with Crippen LogP contribution < -0.4 is 20.2 Å². The number of hydrogen-bond acceptors (Lipinski definition) is 6. The molecular weight excluding hydrogens is 372 g/mol. The van der Waals surface area contributed by atoms with E-state index in [-0.39, 0.29) is 23.9 Å². The van der Waals surface area contributed by atoms with E-state index in [9.17, 15) is 18.0 Å². The number of benzene rings is 1. The molecule has 2 aliphatic heterocycles. The van der Waals surface area contributed by atoms with E-state index in [4.69, 9.17) is 9.47 Å². The Bertz CT molecular complexity index is 1120. The van der Waals surface area contributed by atoms with Gasteiger partial charge < -0.3 is 19.4 Å². The number of nitrogens with one attached hydrogen (secondary N) is 1. The van der Waals surface area contributed by atoms with E-state index >= 15 is 0 Å². The molecule has 0 aliphatic carbocycles. The Morgan fingerprint density at radius 1 is 1.30 bits per heavy atom. The zero-order chi connectivity index (χ0) is 19.4. The van der Waals surface area contributed by atoms with E-state index in [0.717, 1.165) is 0 Å². The van der Waals surface area contributed by atoms with Gasteiger partial charge in [0.05, 0.1) is 27.9 Å². The molecule has 1 atom stereocenters. The maximum atomic E-state index is 13.0. The molecule has 9 heteroatoms. The maximum Gasteiger partial charge on any atom is 0.257 e. The van der Waals surface area contributed by atoms with E-state index in [2.05, 4.69) is 5.32 Å². The van der Waals surface area contributed by atoms with Crippen LogP contribution in [0.4, 0.5) is 0 Å². The lowest BCUT2D eigenvalue weighted by Crippen LogP contribution is -2.48. The van der Waals surface area contributed by atoms with Crippen molar-refractivity contribution in [3.63, 3.8) is 0 Å². The van der Waals surface area contributed by atoms with Crippen LogP contribution in [0, 0.1) is 0 Å². The summed E-state index contributed by atoms with van der Waals surface area (Å²) in [6.07, 6.45) is 1.84. The van der Waals surface area contributed by atoms with Crippen LogP contribution in [0.3, 0.4) is 0 Å². The van der Waals surface area contributed by atoms with E-state index in [1.165, 1.54) is 6.20 Å². The molecule has 1 fully saturated rings. The summed E-state index contributed by atoms with van der Waals surface area (Å²) < 4.78 is 36.1. The second-order valence-corrected chi connectivity index (χ2v) is 9.42. The van der Waals surface area contributed by atoms with E-state index in [1.807, 2.05) is 6.92 Å². The van der Waals surface area contributed by atoms with Crippen molar-refractivity contribution in [2.75, 3.05) is 18.3 Å². The Morgan fingerprint density at radius 3 is 2.63 bits per heavy atom. The normalized spacial score (nSPS) is 22.9. The Morgan fingerprint density at radius 2 is 2.00 bits per heavy atom. The lowest BCUT2D eigenvalue weighted by molar-refractivity contribution is 0.0913. The van der Waals surface area contributed by atoms with Crippen molar-refractivity contribution in [1.82, 2.24) is 9.88 Å². The molecule has 0 bridgehead atoms. The van der Waals surface area contributed by atoms with Crippen molar-refractivity contribution >= 4 is 26.6 Å². The van der Waals surface area contributed by atoms with Crippen molar-refractivity contribution < 1.29 is 22.7 Å². The van der Waals surface area contributed by atoms with Crippen LogP contribution in [0.25, 0.3) is 10.9 Å². The van der Waals surface area contributed by atoms with Crippen LogP contribution in [0.5, 0.6) is 11.5 Å². The monoisotopic (exact) mass is 392 g/mol. The summed E-state index contributed by atoms with van der Waals surface area (Å²) >= 11 is 0. The number of pyridine rings is 1. The van der Waals surface area contributed by atoms with Crippen LogP contribution in [-0.4, -0.2) is 42.7 Å². The number of carbonyl (C=O) groups is 1. The first-order chi connectivity index (χ1) is 12.7. The van der Waals surface area contributed by atoms with Gasteiger partial charge in [-0.1, -0.05) is 0 Å². The number of rotatable bonds is 3. The van der Waals surface area contributed by atoms with Crippen molar-refractivity contribution in [3.05, 3.63) is 34.1 Å². The molecule has 2 aliphatic rings. The molecule has 1 aromatic carbocycles. The first-order valence-electron chi connectivity index (χ1n) is 8.71. The highest BCUT2D eigenvalue weighted by atomic mass is 32.2. The Labute approximate surface area is 156 Å². The third kappa shape index (κ3) is 3.05. The maximum absolute atomic E-state index is 13.0. The SMILES string of the molecule is CCn1cc(C(=O)N[C@]2(C)CCS(=O)(=O)C2)c(=O)c2cc3c(cc21)OCO3. The van der Waals surface area contributed by atoms with Gasteiger partial charge in [-0.05, 0) is 26.3 Å². The van der Waals surface area contributed by atoms with E-state index in [1.54, 1.807) is 23.6 Å². The lowest BCUT2D eigenvalue weighted by Gasteiger charge is -2.24. The summed E-state index contributed by atoms with van der Waals surface area (Å²) in [4.78, 5) is 25.8. The molecule has 2 aromatic rings. The minimum absolute atomic E-state index is 0.0197. The largest absolute Gasteiger partial charge is 0.454 e. The minimum Gasteiger partial charge on any atom is -0.454 e. The number of hydrogen-bond donors (Lipinski definition) is 1. The molecule has 1 N–H and O–H groups in total. The molecule has 27 heavy (non-hydrogen) atoms. The van der Waals surface area contributed by atoms with Crippen LogP contribution in [0.2, 0.25) is 0 Å². The fraction of sp³-hybridized carbons (Fsp3) is 0.444. The topological polar surface area (TPSA) is 104 Å². The zero-order valence-electron chi connectivity index (χ0n) is 15.1. The average Bonchev–Trinajstić information content (AvgIpc) is 3.16. The Kier molecular flexibility index (Phi) is 3.95. The summed E-state index contributed by atoms with van der Waals surface area (Å²) in [5.41, 5.74) is -0.662. The highest BCUT2D eigenvalue weighted by Crippen LogP contribution is 2.35. The van der Waals surface area contributed by atoms with Gasteiger partial charge in [0, 0.05) is 18.8 Å². The summed E-state index contributed by atoms with van der Waals surface area (Å²) in [7, 11) is -3.17. The van der Waals surface area contributed by atoms with Gasteiger partial charge in [-0.15, -0.1) is 0 Å². The molecule has 0 spiro atoms. The van der Waals surface area contributed by atoms with Gasteiger partial charge in [0.25, 0.3) is 5.91 Å². The molecule has 3 heterocycles. The minimum atomic E-state index is -3.17. The molecule has 1 amide bonds. The number of aromatic nitrogens is 1. The standard InChI is InChI=1S/C18H20N2O6S/c1-3-20-8-12(17(22)19-18(2)4-5-27(23,24)9-18)16(21)11-6-14-15(7-13(11)20)26-10-25-14/h6-8H,3-5,9-10H2,1-2H3,(H,19,22)/t18-/m1/s1. The predicted octanol–water partition coefficient (Wildman–Crippen LogP) is 1.06. The number of sulfone groups is 1.